The molecular formula is C11H16F2N2. The van der Waals surface area contributed by atoms with Crippen LogP contribution in [0.15, 0.2) is 12.8 Å². The Morgan fingerprint density at radius 2 is 2.13 bits per heavy atom. The number of hydrogen-bond acceptors (Lipinski definition) is 1. The van der Waals surface area contributed by atoms with Gasteiger partial charge in [-0.3, -0.25) is 4.68 Å². The van der Waals surface area contributed by atoms with E-state index in [1.807, 2.05) is 13.8 Å². The minimum absolute atomic E-state index is 0.0174. The minimum Gasteiger partial charge on any atom is -0.263 e. The molecule has 0 saturated heterocycles. The van der Waals surface area contributed by atoms with Gasteiger partial charge < -0.3 is 0 Å². The number of alkyl halides is 2. The second-order valence-electron chi connectivity index (χ2n) is 4.10. The van der Waals surface area contributed by atoms with Crippen molar-refractivity contribution < 1.29 is 8.78 Å². The van der Waals surface area contributed by atoms with Gasteiger partial charge in [-0.05, 0) is 18.4 Å². The Kier molecular flexibility index (Phi) is 3.61. The van der Waals surface area contributed by atoms with Gasteiger partial charge in [0.2, 0.25) is 0 Å². The monoisotopic (exact) mass is 214 g/mol. The standard InChI is InChI=1S/C11H16F2N2/c1-7(2)6-15-10(11(12)13)9(5-14-15)8(3)4/h5,7,11H,3,6H2,1-2,4H3. The molecule has 0 aliphatic heterocycles. The summed E-state index contributed by atoms with van der Waals surface area (Å²) in [6, 6.07) is 0. The van der Waals surface area contributed by atoms with Crippen molar-refractivity contribution in [3.63, 3.8) is 0 Å². The summed E-state index contributed by atoms with van der Waals surface area (Å²) >= 11 is 0. The van der Waals surface area contributed by atoms with Crippen LogP contribution < -0.4 is 0 Å². The maximum Gasteiger partial charge on any atom is 0.280 e. The highest BCUT2D eigenvalue weighted by molar-refractivity contribution is 5.62. The molecule has 1 rings (SSSR count). The third kappa shape index (κ3) is 2.64. The first-order chi connectivity index (χ1) is 6.93. The van der Waals surface area contributed by atoms with E-state index in [4.69, 9.17) is 0 Å². The Hall–Kier alpha value is -1.19. The van der Waals surface area contributed by atoms with Crippen LogP contribution in [-0.2, 0) is 6.54 Å². The van der Waals surface area contributed by atoms with Crippen molar-refractivity contribution in [1.29, 1.82) is 0 Å². The van der Waals surface area contributed by atoms with Crippen molar-refractivity contribution in [2.75, 3.05) is 0 Å². The van der Waals surface area contributed by atoms with Crippen LogP contribution in [0.3, 0.4) is 0 Å². The van der Waals surface area contributed by atoms with Gasteiger partial charge in [-0.15, -0.1) is 0 Å². The molecular weight excluding hydrogens is 198 g/mol. The first kappa shape index (κ1) is 11.9. The largest absolute Gasteiger partial charge is 0.280 e. The zero-order valence-electron chi connectivity index (χ0n) is 9.30. The zero-order valence-corrected chi connectivity index (χ0v) is 9.30. The van der Waals surface area contributed by atoms with Gasteiger partial charge in [0.05, 0.1) is 6.20 Å². The van der Waals surface area contributed by atoms with E-state index in [0.29, 0.717) is 23.6 Å². The summed E-state index contributed by atoms with van der Waals surface area (Å²) in [5.74, 6) is 0.292. The molecule has 0 fully saturated rings. The second kappa shape index (κ2) is 4.55. The molecule has 0 unspecified atom stereocenters. The van der Waals surface area contributed by atoms with Crippen LogP contribution in [-0.4, -0.2) is 9.78 Å². The van der Waals surface area contributed by atoms with Crippen molar-refractivity contribution in [1.82, 2.24) is 9.78 Å². The fourth-order valence-corrected chi connectivity index (χ4v) is 1.45. The average Bonchev–Trinajstić information content (AvgIpc) is 2.46. The van der Waals surface area contributed by atoms with Crippen LogP contribution in [0.2, 0.25) is 0 Å². The summed E-state index contributed by atoms with van der Waals surface area (Å²) in [6.45, 7) is 9.83. The molecule has 15 heavy (non-hydrogen) atoms. The quantitative estimate of drug-likeness (QED) is 0.750. The lowest BCUT2D eigenvalue weighted by atomic mass is 10.1. The SMILES string of the molecule is C=C(C)c1cnn(CC(C)C)c1C(F)F. The van der Waals surface area contributed by atoms with E-state index in [9.17, 15) is 8.78 Å². The number of hydrogen-bond donors (Lipinski definition) is 0. The maximum absolute atomic E-state index is 12.8. The van der Waals surface area contributed by atoms with E-state index in [1.165, 1.54) is 10.9 Å². The number of rotatable bonds is 4. The van der Waals surface area contributed by atoms with Gasteiger partial charge in [-0.25, -0.2) is 8.78 Å². The van der Waals surface area contributed by atoms with Gasteiger partial charge in [0.25, 0.3) is 6.43 Å². The molecule has 0 N–H and O–H groups in total. The number of aromatic nitrogens is 2. The van der Waals surface area contributed by atoms with E-state index in [1.54, 1.807) is 6.92 Å². The average molecular weight is 214 g/mol. The summed E-state index contributed by atoms with van der Waals surface area (Å²) in [6.07, 6.45) is -1.04. The summed E-state index contributed by atoms with van der Waals surface area (Å²) in [5, 5.41) is 3.97. The predicted octanol–water partition coefficient (Wildman–Crippen LogP) is 3.51. The second-order valence-corrected chi connectivity index (χ2v) is 4.10. The fourth-order valence-electron chi connectivity index (χ4n) is 1.45. The molecule has 0 aromatic carbocycles. The first-order valence-corrected chi connectivity index (χ1v) is 4.93. The molecule has 0 bridgehead atoms. The fraction of sp³-hybridized carbons (Fsp3) is 0.545. The van der Waals surface area contributed by atoms with Gasteiger partial charge in [0.15, 0.2) is 0 Å². The first-order valence-electron chi connectivity index (χ1n) is 4.93. The molecule has 0 spiro atoms. The Morgan fingerprint density at radius 3 is 2.53 bits per heavy atom. The van der Waals surface area contributed by atoms with Crippen LogP contribution in [0.25, 0.3) is 5.57 Å². The van der Waals surface area contributed by atoms with Crippen molar-refractivity contribution in [2.24, 2.45) is 5.92 Å². The smallest absolute Gasteiger partial charge is 0.263 e. The minimum atomic E-state index is -2.50. The summed E-state index contributed by atoms with van der Waals surface area (Å²) in [7, 11) is 0. The normalized spacial score (nSPS) is 11.4. The molecule has 0 atom stereocenters. The van der Waals surface area contributed by atoms with E-state index in [2.05, 4.69) is 11.7 Å². The summed E-state index contributed by atoms with van der Waals surface area (Å²) in [4.78, 5) is 0. The lowest BCUT2D eigenvalue weighted by Gasteiger charge is -2.10. The van der Waals surface area contributed by atoms with Crippen LogP contribution in [0.4, 0.5) is 8.78 Å². The van der Waals surface area contributed by atoms with E-state index in [0.717, 1.165) is 0 Å². The molecule has 1 aromatic heterocycles. The van der Waals surface area contributed by atoms with Crippen LogP contribution in [0, 0.1) is 5.92 Å². The van der Waals surface area contributed by atoms with Gasteiger partial charge >= 0.3 is 0 Å². The molecule has 0 saturated carbocycles. The van der Waals surface area contributed by atoms with Crippen LogP contribution in [0.1, 0.15) is 38.5 Å². The third-order valence-electron chi connectivity index (χ3n) is 2.08. The Labute approximate surface area is 88.6 Å². The lowest BCUT2D eigenvalue weighted by molar-refractivity contribution is 0.137. The molecule has 1 heterocycles. The lowest BCUT2D eigenvalue weighted by Crippen LogP contribution is -2.10. The van der Waals surface area contributed by atoms with Gasteiger partial charge in [0, 0.05) is 12.1 Å². The number of halogens is 2. The Bertz CT molecular complexity index is 353. The van der Waals surface area contributed by atoms with Crippen molar-refractivity contribution in [3.05, 3.63) is 24.0 Å². The summed E-state index contributed by atoms with van der Waals surface area (Å²) in [5.41, 5.74) is 1.07. The topological polar surface area (TPSA) is 17.8 Å². The van der Waals surface area contributed by atoms with Gasteiger partial charge in [-0.2, -0.15) is 5.10 Å². The molecule has 0 amide bonds. The molecule has 1 aromatic rings. The van der Waals surface area contributed by atoms with Crippen LogP contribution in [0.5, 0.6) is 0 Å². The van der Waals surface area contributed by atoms with E-state index in [-0.39, 0.29) is 5.69 Å². The van der Waals surface area contributed by atoms with Gasteiger partial charge in [0.1, 0.15) is 5.69 Å². The molecule has 4 heteroatoms. The number of allylic oxidation sites excluding steroid dienone is 1. The van der Waals surface area contributed by atoms with Crippen LogP contribution >= 0.6 is 0 Å². The van der Waals surface area contributed by atoms with Crippen molar-refractivity contribution in [2.45, 2.75) is 33.7 Å². The van der Waals surface area contributed by atoms with Crippen molar-refractivity contribution >= 4 is 5.57 Å². The van der Waals surface area contributed by atoms with Crippen molar-refractivity contribution in [3.8, 4) is 0 Å². The molecule has 0 aliphatic carbocycles. The molecule has 84 valence electrons. The van der Waals surface area contributed by atoms with E-state index < -0.39 is 6.43 Å². The predicted molar refractivity (Wildman–Crippen MR) is 56.7 cm³/mol. The number of nitrogens with zero attached hydrogens (tertiary/aromatic N) is 2. The molecule has 2 nitrogen and oxygen atoms in total. The Balaban J connectivity index is 3.12. The molecule has 0 aliphatic rings. The maximum atomic E-state index is 12.8. The highest BCUT2D eigenvalue weighted by Gasteiger charge is 2.20. The Morgan fingerprint density at radius 1 is 1.53 bits per heavy atom. The highest BCUT2D eigenvalue weighted by Crippen LogP contribution is 2.27. The molecule has 0 radical (unpaired) electrons. The highest BCUT2D eigenvalue weighted by atomic mass is 19.3. The third-order valence-corrected chi connectivity index (χ3v) is 2.08. The van der Waals surface area contributed by atoms with Gasteiger partial charge in [-0.1, -0.05) is 20.4 Å². The van der Waals surface area contributed by atoms with E-state index >= 15 is 0 Å². The summed E-state index contributed by atoms with van der Waals surface area (Å²) < 4.78 is 27.0. The zero-order chi connectivity index (χ0) is 11.6.